The maximum Gasteiger partial charge on any atom is 0.255 e. The predicted octanol–water partition coefficient (Wildman–Crippen LogP) is 8.61. The van der Waals surface area contributed by atoms with E-state index < -0.39 is 0 Å². The van der Waals surface area contributed by atoms with Crippen LogP contribution < -0.4 is 10.6 Å². The van der Waals surface area contributed by atoms with E-state index in [-0.39, 0.29) is 36.2 Å². The van der Waals surface area contributed by atoms with Crippen LogP contribution in [-0.4, -0.2) is 36.5 Å². The van der Waals surface area contributed by atoms with Gasteiger partial charge in [-0.15, -0.1) is 0 Å². The molecule has 0 aliphatic rings. The van der Waals surface area contributed by atoms with Gasteiger partial charge in [-0.05, 0) is 26.7 Å². The summed E-state index contributed by atoms with van der Waals surface area (Å²) in [5.74, 6) is 1.02. The Labute approximate surface area is 302 Å². The SMILES string of the molecule is Cc1oc(-c2ccccc2)c(CC(=O)c2ccccc2)c1C(=O)NCCCCNC(=O)c1c(C)oc(-c2ccccc2)c1CC(=O)c1ccccc1. The standard InChI is InChI=1S/C44H40N2O6/c1-29-39(35(27-37(47)31-17-7-3-8-18-31)41(51-29)33-21-11-5-12-22-33)43(49)45-25-15-16-26-46-44(50)40-30(2)52-42(34-23-13-6-14-24-34)36(40)28-38(48)32-19-9-4-10-20-32/h3-14,17-24H,15-16,25-28H2,1-2H3,(H,45,49)(H,46,50). The van der Waals surface area contributed by atoms with Crippen molar-refractivity contribution in [2.45, 2.75) is 39.5 Å². The van der Waals surface area contributed by atoms with Crippen LogP contribution in [0.2, 0.25) is 0 Å². The van der Waals surface area contributed by atoms with Gasteiger partial charge in [0.05, 0.1) is 11.1 Å². The van der Waals surface area contributed by atoms with E-state index in [1.807, 2.05) is 97.1 Å². The number of furan rings is 2. The zero-order chi connectivity index (χ0) is 36.5. The zero-order valence-corrected chi connectivity index (χ0v) is 29.2. The highest BCUT2D eigenvalue weighted by atomic mass is 16.3. The minimum Gasteiger partial charge on any atom is -0.460 e. The van der Waals surface area contributed by atoms with Crippen molar-refractivity contribution in [2.75, 3.05) is 13.1 Å². The van der Waals surface area contributed by atoms with Gasteiger partial charge in [-0.25, -0.2) is 0 Å². The molecule has 2 N–H and O–H groups in total. The molecule has 0 fully saturated rings. The average molecular weight is 693 g/mol. The summed E-state index contributed by atoms with van der Waals surface area (Å²) >= 11 is 0. The van der Waals surface area contributed by atoms with Gasteiger partial charge in [0.2, 0.25) is 0 Å². The number of aryl methyl sites for hydroxylation is 2. The van der Waals surface area contributed by atoms with Crippen molar-refractivity contribution in [3.05, 3.63) is 166 Å². The van der Waals surface area contributed by atoms with E-state index in [1.54, 1.807) is 38.1 Å². The second kappa shape index (κ2) is 16.6. The summed E-state index contributed by atoms with van der Waals surface area (Å²) in [5, 5.41) is 5.96. The molecule has 8 nitrogen and oxygen atoms in total. The predicted molar refractivity (Wildman–Crippen MR) is 201 cm³/mol. The molecular weight excluding hydrogens is 652 g/mol. The van der Waals surface area contributed by atoms with E-state index in [0.29, 0.717) is 82.4 Å². The normalized spacial score (nSPS) is 10.9. The quantitative estimate of drug-likeness (QED) is 0.0822. The van der Waals surface area contributed by atoms with Crippen molar-refractivity contribution in [3.63, 3.8) is 0 Å². The van der Waals surface area contributed by atoms with Crippen LogP contribution >= 0.6 is 0 Å². The number of carbonyl (C=O) groups is 4. The Balaban J connectivity index is 1.10. The third kappa shape index (κ3) is 8.19. The maximum atomic E-state index is 13.6. The highest BCUT2D eigenvalue weighted by molar-refractivity contribution is 6.04. The van der Waals surface area contributed by atoms with E-state index >= 15 is 0 Å². The fourth-order valence-electron chi connectivity index (χ4n) is 6.36. The summed E-state index contributed by atoms with van der Waals surface area (Å²) in [6.07, 6.45) is 1.20. The molecule has 8 heteroatoms. The molecule has 0 radical (unpaired) electrons. The lowest BCUT2D eigenvalue weighted by molar-refractivity contribution is 0.0934. The molecule has 0 atom stereocenters. The van der Waals surface area contributed by atoms with Crippen LogP contribution in [-0.2, 0) is 12.8 Å². The second-order valence-electron chi connectivity index (χ2n) is 12.6. The van der Waals surface area contributed by atoms with Gasteiger partial charge < -0.3 is 19.5 Å². The number of benzene rings is 4. The molecular formula is C44H40N2O6. The molecule has 52 heavy (non-hydrogen) atoms. The Kier molecular flexibility index (Phi) is 11.4. The first-order valence-electron chi connectivity index (χ1n) is 17.4. The van der Waals surface area contributed by atoms with Gasteiger partial charge in [0.1, 0.15) is 23.0 Å². The van der Waals surface area contributed by atoms with Crippen molar-refractivity contribution < 1.29 is 28.0 Å². The van der Waals surface area contributed by atoms with Crippen LogP contribution in [0.4, 0.5) is 0 Å². The van der Waals surface area contributed by atoms with Crippen molar-refractivity contribution in [2.24, 2.45) is 0 Å². The Hall–Kier alpha value is -6.28. The van der Waals surface area contributed by atoms with Gasteiger partial charge in [-0.1, -0.05) is 121 Å². The molecule has 0 aliphatic heterocycles. The van der Waals surface area contributed by atoms with E-state index in [1.165, 1.54) is 0 Å². The van der Waals surface area contributed by atoms with Gasteiger partial charge in [0, 0.05) is 59.3 Å². The lowest BCUT2D eigenvalue weighted by Gasteiger charge is -2.10. The molecule has 2 aromatic heterocycles. The summed E-state index contributed by atoms with van der Waals surface area (Å²) in [5.41, 5.74) is 4.51. The lowest BCUT2D eigenvalue weighted by Crippen LogP contribution is -2.28. The maximum absolute atomic E-state index is 13.6. The number of nitrogens with one attached hydrogen (secondary N) is 2. The van der Waals surface area contributed by atoms with Crippen molar-refractivity contribution in [1.29, 1.82) is 0 Å². The molecule has 2 amide bonds. The molecule has 262 valence electrons. The van der Waals surface area contributed by atoms with E-state index in [2.05, 4.69) is 10.6 Å². The van der Waals surface area contributed by atoms with E-state index in [9.17, 15) is 19.2 Å². The number of Topliss-reactive ketones (excluding diaryl/α,β-unsaturated/α-hetero) is 2. The number of hydrogen-bond acceptors (Lipinski definition) is 6. The molecule has 6 aromatic rings. The van der Waals surface area contributed by atoms with Crippen molar-refractivity contribution in [1.82, 2.24) is 10.6 Å². The number of hydrogen-bond donors (Lipinski definition) is 2. The fraction of sp³-hybridized carbons (Fsp3) is 0.182. The number of rotatable bonds is 15. The number of ketones is 2. The Morgan fingerprint density at radius 2 is 0.808 bits per heavy atom. The first kappa shape index (κ1) is 35.5. The average Bonchev–Trinajstić information content (AvgIpc) is 3.69. The van der Waals surface area contributed by atoms with Crippen LogP contribution in [0.25, 0.3) is 22.6 Å². The molecule has 6 rings (SSSR count). The number of carbonyl (C=O) groups excluding carboxylic acids is 4. The first-order chi connectivity index (χ1) is 25.3. The number of amides is 2. The minimum atomic E-state index is -0.321. The van der Waals surface area contributed by atoms with Crippen molar-refractivity contribution in [3.8, 4) is 22.6 Å². The summed E-state index contributed by atoms with van der Waals surface area (Å²) in [6.45, 7) is 4.17. The topological polar surface area (TPSA) is 119 Å². The fourth-order valence-corrected chi connectivity index (χ4v) is 6.36. The molecule has 0 unspecified atom stereocenters. The van der Waals surface area contributed by atoms with Gasteiger partial charge in [-0.2, -0.15) is 0 Å². The van der Waals surface area contributed by atoms with Crippen LogP contribution in [0.3, 0.4) is 0 Å². The monoisotopic (exact) mass is 692 g/mol. The molecule has 0 saturated heterocycles. The Morgan fingerprint density at radius 3 is 1.15 bits per heavy atom. The smallest absolute Gasteiger partial charge is 0.255 e. The summed E-state index contributed by atoms with van der Waals surface area (Å²) in [4.78, 5) is 53.7. The highest BCUT2D eigenvalue weighted by Gasteiger charge is 2.28. The molecule has 2 heterocycles. The Morgan fingerprint density at radius 1 is 0.481 bits per heavy atom. The van der Waals surface area contributed by atoms with Gasteiger partial charge >= 0.3 is 0 Å². The third-order valence-corrected chi connectivity index (χ3v) is 8.93. The highest BCUT2D eigenvalue weighted by Crippen LogP contribution is 2.34. The van der Waals surface area contributed by atoms with Crippen molar-refractivity contribution >= 4 is 23.4 Å². The molecule has 0 aliphatic carbocycles. The van der Waals surface area contributed by atoms with Gasteiger partial charge in [-0.3, -0.25) is 19.2 Å². The molecule has 4 aromatic carbocycles. The van der Waals surface area contributed by atoms with Crippen LogP contribution in [0.15, 0.2) is 130 Å². The second-order valence-corrected chi connectivity index (χ2v) is 12.6. The molecule has 0 bridgehead atoms. The summed E-state index contributed by atoms with van der Waals surface area (Å²) < 4.78 is 12.2. The van der Waals surface area contributed by atoms with Crippen LogP contribution in [0.1, 0.15) is 76.9 Å². The molecule has 0 spiro atoms. The zero-order valence-electron chi connectivity index (χ0n) is 29.2. The van der Waals surface area contributed by atoms with Gasteiger partial charge in [0.15, 0.2) is 11.6 Å². The van der Waals surface area contributed by atoms with E-state index in [4.69, 9.17) is 8.83 Å². The largest absolute Gasteiger partial charge is 0.460 e. The third-order valence-electron chi connectivity index (χ3n) is 8.93. The first-order valence-corrected chi connectivity index (χ1v) is 17.4. The molecule has 0 saturated carbocycles. The minimum absolute atomic E-state index is 0.0126. The Bertz CT molecular complexity index is 2010. The van der Waals surface area contributed by atoms with Gasteiger partial charge in [0.25, 0.3) is 11.8 Å². The lowest BCUT2D eigenvalue weighted by atomic mass is 9.96. The van der Waals surface area contributed by atoms with E-state index in [0.717, 1.165) is 11.1 Å². The summed E-state index contributed by atoms with van der Waals surface area (Å²) in [6, 6.07) is 36.9. The number of unbranched alkanes of at least 4 members (excludes halogenated alkanes) is 1. The summed E-state index contributed by atoms with van der Waals surface area (Å²) in [7, 11) is 0. The van der Waals surface area contributed by atoms with Crippen LogP contribution in [0, 0.1) is 13.8 Å². The van der Waals surface area contributed by atoms with Crippen LogP contribution in [0.5, 0.6) is 0 Å².